The largest absolute Gasteiger partial charge is 0.342 e. The number of hydrogen-bond donors (Lipinski definition) is 2. The van der Waals surface area contributed by atoms with Crippen molar-refractivity contribution in [3.05, 3.63) is 58.0 Å². The van der Waals surface area contributed by atoms with Crippen LogP contribution in [0.2, 0.25) is 0 Å². The molecule has 0 radical (unpaired) electrons. The number of anilines is 1. The fourth-order valence-corrected chi connectivity index (χ4v) is 6.25. The van der Waals surface area contributed by atoms with E-state index in [2.05, 4.69) is 27.8 Å². The highest BCUT2D eigenvalue weighted by atomic mass is 32.1. The number of nitrogens with one attached hydrogen (secondary N) is 2. The molecule has 0 saturated carbocycles. The first-order valence-corrected chi connectivity index (χ1v) is 13.7. The Hall–Kier alpha value is -3.08. The zero-order valence-corrected chi connectivity index (χ0v) is 22.0. The van der Waals surface area contributed by atoms with E-state index in [4.69, 9.17) is 0 Å². The van der Waals surface area contributed by atoms with Gasteiger partial charge in [0.15, 0.2) is 0 Å². The number of amides is 3. The molecule has 0 aliphatic carbocycles. The van der Waals surface area contributed by atoms with Gasteiger partial charge >= 0.3 is 0 Å². The highest BCUT2D eigenvalue weighted by Gasteiger charge is 2.35. The maximum Gasteiger partial charge on any atom is 0.264 e. The fourth-order valence-electron chi connectivity index (χ4n) is 4.36. The molecule has 2 aliphatic heterocycles. The Kier molecular flexibility index (Phi) is 7.17. The molecule has 0 spiro atoms. The number of carbonyl (C=O) groups excluding carboxylic acids is 3. The van der Waals surface area contributed by atoms with Gasteiger partial charge in [0.05, 0.1) is 25.8 Å². The van der Waals surface area contributed by atoms with Gasteiger partial charge < -0.3 is 20.4 Å². The molecule has 5 rings (SSSR count). The first-order chi connectivity index (χ1) is 17.4. The van der Waals surface area contributed by atoms with Crippen LogP contribution in [-0.4, -0.2) is 65.2 Å². The summed E-state index contributed by atoms with van der Waals surface area (Å²) < 4.78 is 0. The Morgan fingerprint density at radius 3 is 2.61 bits per heavy atom. The van der Waals surface area contributed by atoms with Crippen molar-refractivity contribution in [2.45, 2.75) is 38.3 Å². The molecule has 36 heavy (non-hydrogen) atoms. The predicted octanol–water partition coefficient (Wildman–Crippen LogP) is 3.78. The van der Waals surface area contributed by atoms with Crippen LogP contribution in [0.5, 0.6) is 0 Å². The fraction of sp³-hybridized carbons (Fsp3) is 0.385. The summed E-state index contributed by atoms with van der Waals surface area (Å²) in [7, 11) is 1.79. The van der Waals surface area contributed by atoms with Crippen LogP contribution in [0.1, 0.15) is 45.9 Å². The third-order valence-electron chi connectivity index (χ3n) is 6.68. The van der Waals surface area contributed by atoms with E-state index in [1.807, 2.05) is 23.2 Å². The van der Waals surface area contributed by atoms with Crippen LogP contribution in [0, 0.1) is 0 Å². The van der Waals surface area contributed by atoms with Gasteiger partial charge in [-0.25, -0.2) is 4.98 Å². The second-order valence-corrected chi connectivity index (χ2v) is 11.5. The number of benzene rings is 1. The van der Waals surface area contributed by atoms with Gasteiger partial charge in [0.1, 0.15) is 0 Å². The van der Waals surface area contributed by atoms with Crippen molar-refractivity contribution in [2.75, 3.05) is 32.0 Å². The summed E-state index contributed by atoms with van der Waals surface area (Å²) in [5.74, 6) is 0.250. The van der Waals surface area contributed by atoms with Crippen LogP contribution in [0.25, 0.3) is 10.4 Å². The van der Waals surface area contributed by atoms with Crippen molar-refractivity contribution in [2.24, 2.45) is 0 Å². The van der Waals surface area contributed by atoms with Gasteiger partial charge in [0, 0.05) is 45.7 Å². The molecule has 3 aromatic rings. The Labute approximate surface area is 218 Å². The molecule has 0 unspecified atom stereocenters. The van der Waals surface area contributed by atoms with Crippen molar-refractivity contribution in [1.82, 2.24) is 20.1 Å². The second kappa shape index (κ2) is 10.5. The Bertz CT molecular complexity index is 1260. The van der Waals surface area contributed by atoms with Gasteiger partial charge in [0.2, 0.25) is 11.8 Å². The van der Waals surface area contributed by atoms with Gasteiger partial charge in [-0.05, 0) is 42.6 Å². The summed E-state index contributed by atoms with van der Waals surface area (Å²) >= 11 is 2.99. The third-order valence-corrected chi connectivity index (χ3v) is 8.87. The number of nitrogens with zero attached hydrogens (tertiary/aromatic N) is 3. The van der Waals surface area contributed by atoms with Crippen LogP contribution in [0.15, 0.2) is 42.6 Å². The Morgan fingerprint density at radius 1 is 1.14 bits per heavy atom. The average Bonchev–Trinajstić information content (AvgIpc) is 3.60. The molecule has 2 saturated heterocycles. The number of rotatable bonds is 7. The van der Waals surface area contributed by atoms with E-state index in [9.17, 15) is 14.4 Å². The quantitative estimate of drug-likeness (QED) is 0.492. The third kappa shape index (κ3) is 5.35. The van der Waals surface area contributed by atoms with Crippen LogP contribution in [0.3, 0.4) is 0 Å². The smallest absolute Gasteiger partial charge is 0.264 e. The number of aromatic nitrogens is 1. The molecule has 1 atom stereocenters. The monoisotopic (exact) mass is 523 g/mol. The van der Waals surface area contributed by atoms with Crippen molar-refractivity contribution < 1.29 is 14.4 Å². The van der Waals surface area contributed by atoms with E-state index < -0.39 is 0 Å². The van der Waals surface area contributed by atoms with Crippen LogP contribution in [0.4, 0.5) is 5.00 Å². The number of thiophene rings is 1. The van der Waals surface area contributed by atoms with Gasteiger partial charge in [0.25, 0.3) is 5.91 Å². The minimum Gasteiger partial charge on any atom is -0.342 e. The lowest BCUT2D eigenvalue weighted by Gasteiger charge is -2.37. The summed E-state index contributed by atoms with van der Waals surface area (Å²) in [4.78, 5) is 46.5. The maximum absolute atomic E-state index is 12.9. The SMILES string of the molecule is CC(=O)N(C)Cc1ccc(-c2cnc(C3CN(C(=O)c4ccc(NC(=O)[C@@H]5CCCN5)s4)C3)s2)cc1. The highest BCUT2D eigenvalue weighted by Crippen LogP contribution is 2.36. The average molecular weight is 524 g/mol. The maximum atomic E-state index is 12.9. The molecule has 8 nitrogen and oxygen atoms in total. The summed E-state index contributed by atoms with van der Waals surface area (Å²) in [6.07, 6.45) is 3.75. The van der Waals surface area contributed by atoms with Crippen molar-refractivity contribution in [3.8, 4) is 10.4 Å². The first-order valence-electron chi connectivity index (χ1n) is 12.1. The van der Waals surface area contributed by atoms with Crippen LogP contribution in [-0.2, 0) is 16.1 Å². The first kappa shape index (κ1) is 24.6. The summed E-state index contributed by atoms with van der Waals surface area (Å²) in [5, 5.41) is 7.86. The Morgan fingerprint density at radius 2 is 1.92 bits per heavy atom. The van der Waals surface area contributed by atoms with Gasteiger partial charge in [-0.3, -0.25) is 14.4 Å². The van der Waals surface area contributed by atoms with E-state index in [-0.39, 0.29) is 29.7 Å². The molecule has 2 N–H and O–H groups in total. The molecule has 10 heteroatoms. The van der Waals surface area contributed by atoms with Crippen LogP contribution >= 0.6 is 22.7 Å². The number of hydrogen-bond acceptors (Lipinski definition) is 7. The summed E-state index contributed by atoms with van der Waals surface area (Å²) in [5.41, 5.74) is 2.18. The summed E-state index contributed by atoms with van der Waals surface area (Å²) in [6, 6.07) is 11.7. The van der Waals surface area contributed by atoms with Gasteiger partial charge in [-0.2, -0.15) is 0 Å². The van der Waals surface area contributed by atoms with Crippen molar-refractivity contribution >= 4 is 45.4 Å². The molecule has 3 amide bonds. The minimum absolute atomic E-state index is 0.00126. The summed E-state index contributed by atoms with van der Waals surface area (Å²) in [6.45, 7) is 4.32. The Balaban J connectivity index is 1.14. The second-order valence-electron chi connectivity index (χ2n) is 9.34. The number of carbonyl (C=O) groups is 3. The number of likely N-dealkylation sites (tertiary alicyclic amines) is 1. The number of thiazole rings is 1. The highest BCUT2D eigenvalue weighted by molar-refractivity contribution is 7.18. The molecule has 1 aromatic carbocycles. The topological polar surface area (TPSA) is 94.6 Å². The minimum atomic E-state index is -0.142. The van der Waals surface area contributed by atoms with Crippen LogP contribution < -0.4 is 10.6 Å². The molecular weight excluding hydrogens is 494 g/mol. The molecule has 2 aliphatic rings. The van der Waals surface area contributed by atoms with Gasteiger partial charge in [-0.1, -0.05) is 24.3 Å². The van der Waals surface area contributed by atoms with E-state index in [1.165, 1.54) is 11.3 Å². The zero-order valence-electron chi connectivity index (χ0n) is 20.3. The predicted molar refractivity (Wildman–Crippen MR) is 142 cm³/mol. The van der Waals surface area contributed by atoms with E-state index in [1.54, 1.807) is 42.3 Å². The molecule has 188 valence electrons. The molecule has 2 fully saturated rings. The normalized spacial score (nSPS) is 17.6. The van der Waals surface area contributed by atoms with Gasteiger partial charge in [-0.15, -0.1) is 22.7 Å². The van der Waals surface area contributed by atoms with E-state index in [0.717, 1.165) is 40.4 Å². The lowest BCUT2D eigenvalue weighted by atomic mass is 10.0. The van der Waals surface area contributed by atoms with Crippen molar-refractivity contribution in [3.63, 3.8) is 0 Å². The molecule has 4 heterocycles. The molecule has 0 bridgehead atoms. The molecular formula is C26H29N5O3S2. The lowest BCUT2D eigenvalue weighted by Crippen LogP contribution is -2.48. The lowest BCUT2D eigenvalue weighted by molar-refractivity contribution is -0.128. The van der Waals surface area contributed by atoms with E-state index >= 15 is 0 Å². The van der Waals surface area contributed by atoms with E-state index in [0.29, 0.717) is 29.5 Å². The van der Waals surface area contributed by atoms with Crippen molar-refractivity contribution in [1.29, 1.82) is 0 Å². The standard InChI is InChI=1S/C26H29N5O3S2/c1-16(32)30(2)13-17-5-7-18(8-6-17)22-12-28-25(36-22)19-14-31(15-19)26(34)21-9-10-23(35-21)29-24(33)20-4-3-11-27-20/h5-10,12,19-20,27H,3-4,11,13-15H2,1-2H3,(H,29,33)/t20-/m0/s1. The molecule has 2 aromatic heterocycles. The zero-order chi connectivity index (χ0) is 25.2.